The molecule has 0 radical (unpaired) electrons. The van der Waals surface area contributed by atoms with Crippen molar-refractivity contribution < 1.29 is 5.06 Å². The van der Waals surface area contributed by atoms with Crippen LogP contribution >= 0.6 is 0 Å². The van der Waals surface area contributed by atoms with Crippen molar-refractivity contribution in [1.29, 1.82) is 0 Å². The summed E-state index contributed by atoms with van der Waals surface area (Å²) in [5.41, 5.74) is 0.920. The zero-order valence-electron chi connectivity index (χ0n) is 9.21. The van der Waals surface area contributed by atoms with Crippen LogP contribution in [0.2, 0.25) is 0 Å². The predicted octanol–water partition coefficient (Wildman–Crippen LogP) is 1.65. The van der Waals surface area contributed by atoms with Crippen LogP contribution in [0.15, 0.2) is 23.9 Å². The van der Waals surface area contributed by atoms with Crippen molar-refractivity contribution >= 4 is 0 Å². The number of rotatable bonds is 0. The minimum absolute atomic E-state index is 0.146. The standard InChI is InChI=1S/C12H19NO/c1-9-8-12(2,3)13(14)11-7-5-4-6-10(9)11/h4-5,7,9-10,13H,6,8H2,1-3H3. The Labute approximate surface area is 85.9 Å². The summed E-state index contributed by atoms with van der Waals surface area (Å²) in [7, 11) is 0. The smallest absolute Gasteiger partial charge is 0.111 e. The first-order valence-corrected chi connectivity index (χ1v) is 5.44. The predicted molar refractivity (Wildman–Crippen MR) is 57.5 cm³/mol. The molecule has 0 aromatic carbocycles. The highest BCUT2D eigenvalue weighted by atomic mass is 16.5. The van der Waals surface area contributed by atoms with Gasteiger partial charge in [-0.05, 0) is 32.3 Å². The van der Waals surface area contributed by atoms with Crippen molar-refractivity contribution in [2.24, 2.45) is 11.8 Å². The summed E-state index contributed by atoms with van der Waals surface area (Å²) in [5, 5.41) is 12.5. The summed E-state index contributed by atoms with van der Waals surface area (Å²) >= 11 is 0. The van der Waals surface area contributed by atoms with Gasteiger partial charge >= 0.3 is 0 Å². The van der Waals surface area contributed by atoms with Gasteiger partial charge in [-0.15, -0.1) is 0 Å². The zero-order chi connectivity index (χ0) is 10.3. The molecule has 0 saturated carbocycles. The van der Waals surface area contributed by atoms with Crippen LogP contribution in [0.4, 0.5) is 0 Å². The average molecular weight is 193 g/mol. The van der Waals surface area contributed by atoms with Gasteiger partial charge in [0.15, 0.2) is 0 Å². The number of quaternary nitrogens is 1. The van der Waals surface area contributed by atoms with Gasteiger partial charge in [0.25, 0.3) is 0 Å². The Bertz CT molecular complexity index is 291. The summed E-state index contributed by atoms with van der Waals surface area (Å²) in [4.78, 5) is 0. The zero-order valence-corrected chi connectivity index (χ0v) is 9.21. The fourth-order valence-corrected chi connectivity index (χ4v) is 2.86. The van der Waals surface area contributed by atoms with Crippen molar-refractivity contribution in [3.8, 4) is 0 Å². The second-order valence-corrected chi connectivity index (χ2v) is 5.29. The fourth-order valence-electron chi connectivity index (χ4n) is 2.86. The van der Waals surface area contributed by atoms with Crippen LogP contribution in [0.3, 0.4) is 0 Å². The van der Waals surface area contributed by atoms with E-state index >= 15 is 0 Å². The summed E-state index contributed by atoms with van der Waals surface area (Å²) < 4.78 is 0. The van der Waals surface area contributed by atoms with E-state index in [9.17, 15) is 5.21 Å². The lowest BCUT2D eigenvalue weighted by atomic mass is 9.74. The Morgan fingerprint density at radius 3 is 2.93 bits per heavy atom. The number of hydrogen-bond donors (Lipinski definition) is 1. The molecule has 0 aromatic rings. The highest BCUT2D eigenvalue weighted by Crippen LogP contribution is 2.34. The quantitative estimate of drug-likeness (QED) is 0.582. The molecule has 1 aliphatic carbocycles. The Hall–Kier alpha value is -0.600. The van der Waals surface area contributed by atoms with Gasteiger partial charge in [-0.2, -0.15) is 0 Å². The van der Waals surface area contributed by atoms with E-state index in [4.69, 9.17) is 0 Å². The van der Waals surface area contributed by atoms with Gasteiger partial charge < -0.3 is 10.3 Å². The van der Waals surface area contributed by atoms with E-state index in [1.165, 1.54) is 0 Å². The van der Waals surface area contributed by atoms with Gasteiger partial charge in [-0.1, -0.05) is 19.1 Å². The maximum absolute atomic E-state index is 12.1. The first-order valence-electron chi connectivity index (χ1n) is 5.44. The molecule has 0 spiro atoms. The molecule has 1 fully saturated rings. The normalized spacial score (nSPS) is 40.3. The molecule has 2 rings (SSSR count). The highest BCUT2D eigenvalue weighted by Gasteiger charge is 2.42. The van der Waals surface area contributed by atoms with Gasteiger partial charge in [-0.25, -0.2) is 0 Å². The molecule has 0 aromatic heterocycles. The number of nitrogens with one attached hydrogen (secondary N) is 1. The molecule has 1 saturated heterocycles. The minimum Gasteiger partial charge on any atom is -0.629 e. The fraction of sp³-hybridized carbons (Fsp3) is 0.667. The molecule has 3 atom stereocenters. The Morgan fingerprint density at radius 2 is 2.21 bits per heavy atom. The molecule has 2 heteroatoms. The van der Waals surface area contributed by atoms with E-state index in [2.05, 4.69) is 26.8 Å². The number of hydrogen-bond acceptors (Lipinski definition) is 1. The van der Waals surface area contributed by atoms with Crippen LogP contribution in [-0.2, 0) is 0 Å². The topological polar surface area (TPSA) is 27.5 Å². The average Bonchev–Trinajstić information content (AvgIpc) is 2.14. The van der Waals surface area contributed by atoms with Gasteiger partial charge in [0.1, 0.15) is 5.70 Å². The SMILES string of the molecule is CC1CC(C)(C)[NH+]([O-])C2=CC=CCC21. The monoisotopic (exact) mass is 193 g/mol. The van der Waals surface area contributed by atoms with Crippen molar-refractivity contribution in [2.75, 3.05) is 0 Å². The number of fused-ring (bicyclic) bond motifs is 1. The molecule has 3 unspecified atom stereocenters. The van der Waals surface area contributed by atoms with E-state index < -0.39 is 0 Å². The summed E-state index contributed by atoms with van der Waals surface area (Å²) in [5.74, 6) is 1.12. The lowest BCUT2D eigenvalue weighted by Gasteiger charge is -2.49. The number of hydroxylamine groups is 2. The van der Waals surface area contributed by atoms with E-state index in [0.29, 0.717) is 16.9 Å². The van der Waals surface area contributed by atoms with Crippen LogP contribution in [0.25, 0.3) is 0 Å². The first-order chi connectivity index (χ1) is 6.52. The van der Waals surface area contributed by atoms with Crippen LogP contribution < -0.4 is 5.06 Å². The number of allylic oxidation sites excluding steroid dienone is 4. The molecule has 1 aliphatic heterocycles. The van der Waals surface area contributed by atoms with E-state index in [-0.39, 0.29) is 5.54 Å². The lowest BCUT2D eigenvalue weighted by Crippen LogP contribution is -3.15. The van der Waals surface area contributed by atoms with Gasteiger partial charge in [0.2, 0.25) is 0 Å². The Morgan fingerprint density at radius 1 is 1.50 bits per heavy atom. The molecular weight excluding hydrogens is 174 g/mol. The van der Waals surface area contributed by atoms with Crippen molar-refractivity contribution in [1.82, 2.24) is 0 Å². The van der Waals surface area contributed by atoms with Crippen molar-refractivity contribution in [3.05, 3.63) is 29.1 Å². The van der Waals surface area contributed by atoms with E-state index in [1.807, 2.05) is 12.2 Å². The molecule has 78 valence electrons. The third kappa shape index (κ3) is 1.43. The van der Waals surface area contributed by atoms with Gasteiger partial charge in [-0.3, -0.25) is 0 Å². The highest BCUT2D eigenvalue weighted by molar-refractivity contribution is 5.18. The van der Waals surface area contributed by atoms with Crippen LogP contribution in [0.5, 0.6) is 0 Å². The summed E-state index contributed by atoms with van der Waals surface area (Å²) in [6.07, 6.45) is 8.30. The van der Waals surface area contributed by atoms with E-state index in [1.54, 1.807) is 0 Å². The summed E-state index contributed by atoms with van der Waals surface area (Å²) in [6, 6.07) is 0. The third-order valence-electron chi connectivity index (χ3n) is 3.60. The minimum atomic E-state index is -0.146. The maximum atomic E-state index is 12.1. The molecule has 0 amide bonds. The van der Waals surface area contributed by atoms with Crippen LogP contribution in [0, 0.1) is 17.0 Å². The summed E-state index contributed by atoms with van der Waals surface area (Å²) in [6.45, 7) is 6.41. The van der Waals surface area contributed by atoms with Crippen molar-refractivity contribution in [3.63, 3.8) is 0 Å². The lowest BCUT2D eigenvalue weighted by molar-refractivity contribution is -0.874. The van der Waals surface area contributed by atoms with Gasteiger partial charge in [0, 0.05) is 12.3 Å². The number of piperidine rings is 1. The molecular formula is C12H19NO. The Balaban J connectivity index is 2.33. The van der Waals surface area contributed by atoms with Gasteiger partial charge in [0.05, 0.1) is 5.54 Å². The molecule has 14 heavy (non-hydrogen) atoms. The third-order valence-corrected chi connectivity index (χ3v) is 3.60. The second kappa shape index (κ2) is 3.21. The largest absolute Gasteiger partial charge is 0.629 e. The van der Waals surface area contributed by atoms with Crippen molar-refractivity contribution in [2.45, 2.75) is 39.2 Å². The molecule has 2 nitrogen and oxygen atoms in total. The van der Waals surface area contributed by atoms with Crippen LogP contribution in [-0.4, -0.2) is 5.54 Å². The molecule has 2 aliphatic rings. The first kappa shape index (κ1) is 9.94. The maximum Gasteiger partial charge on any atom is 0.111 e. The molecule has 1 heterocycles. The van der Waals surface area contributed by atoms with E-state index in [0.717, 1.165) is 18.5 Å². The molecule has 0 bridgehead atoms. The molecule has 1 N–H and O–H groups in total. The second-order valence-electron chi connectivity index (χ2n) is 5.29. The Kier molecular flexibility index (Phi) is 2.28. The van der Waals surface area contributed by atoms with Crippen LogP contribution in [0.1, 0.15) is 33.6 Å².